The largest absolute Gasteiger partial charge is 0.458 e. The second kappa shape index (κ2) is 15.3. The van der Waals surface area contributed by atoms with Crippen molar-refractivity contribution in [3.05, 3.63) is 178 Å². The SMILES string of the molecule is Cc1ccc(S(=O)(=O)Oc2ccc(-c3c(C)n([C@@H](Cc4ccccc4)C(=O)OC(C)(C)C)c(=O)n3N=C(c3ccccc3)c3ccccc3)cc2)cc1. The lowest BCUT2D eigenvalue weighted by Gasteiger charge is -2.25. The van der Waals surface area contributed by atoms with Crippen molar-refractivity contribution in [2.45, 2.75) is 57.6 Å². The van der Waals surface area contributed by atoms with Gasteiger partial charge in [-0.05, 0) is 76.6 Å². The van der Waals surface area contributed by atoms with Crippen molar-refractivity contribution < 1.29 is 22.1 Å². The van der Waals surface area contributed by atoms with Crippen LogP contribution in [-0.2, 0) is 26.1 Å². The van der Waals surface area contributed by atoms with Crippen LogP contribution in [0.5, 0.6) is 5.75 Å². The molecule has 1 atom stereocenters. The van der Waals surface area contributed by atoms with E-state index in [0.717, 1.165) is 22.3 Å². The molecule has 9 nitrogen and oxygen atoms in total. The number of carbonyl (C=O) groups excluding carboxylic acids is 1. The van der Waals surface area contributed by atoms with Crippen LogP contribution in [0.1, 0.15) is 54.8 Å². The highest BCUT2D eigenvalue weighted by Crippen LogP contribution is 2.30. The van der Waals surface area contributed by atoms with E-state index in [9.17, 15) is 18.0 Å². The zero-order valence-electron chi connectivity index (χ0n) is 30.3. The molecule has 1 heterocycles. The quantitative estimate of drug-likeness (QED) is 0.0758. The van der Waals surface area contributed by atoms with Crippen molar-refractivity contribution in [3.8, 4) is 17.0 Å². The number of hydrogen-bond acceptors (Lipinski definition) is 7. The van der Waals surface area contributed by atoms with Gasteiger partial charge in [0.05, 0.1) is 11.4 Å². The molecular formula is C43H41N3O6S. The average molecular weight is 728 g/mol. The first-order valence-electron chi connectivity index (χ1n) is 17.2. The number of ether oxygens (including phenoxy) is 1. The van der Waals surface area contributed by atoms with Gasteiger partial charge < -0.3 is 8.92 Å². The van der Waals surface area contributed by atoms with Crippen LogP contribution in [0.4, 0.5) is 0 Å². The van der Waals surface area contributed by atoms with Gasteiger partial charge in [0.1, 0.15) is 22.3 Å². The van der Waals surface area contributed by atoms with E-state index in [0.29, 0.717) is 22.7 Å². The van der Waals surface area contributed by atoms with Gasteiger partial charge in [0.25, 0.3) is 0 Å². The van der Waals surface area contributed by atoms with E-state index in [1.165, 1.54) is 33.5 Å². The van der Waals surface area contributed by atoms with Gasteiger partial charge in [0, 0.05) is 28.8 Å². The van der Waals surface area contributed by atoms with Crippen molar-refractivity contribution in [2.75, 3.05) is 0 Å². The molecule has 0 aliphatic carbocycles. The minimum absolute atomic E-state index is 0.0317. The Morgan fingerprint density at radius 3 is 1.79 bits per heavy atom. The molecule has 0 saturated carbocycles. The third kappa shape index (κ3) is 8.56. The van der Waals surface area contributed by atoms with E-state index >= 15 is 0 Å². The molecule has 1 aromatic heterocycles. The molecule has 0 amide bonds. The average Bonchev–Trinajstić information content (AvgIpc) is 3.38. The molecule has 6 rings (SSSR count). The van der Waals surface area contributed by atoms with Gasteiger partial charge in [-0.25, -0.2) is 9.59 Å². The Bertz CT molecular complexity index is 2350. The summed E-state index contributed by atoms with van der Waals surface area (Å²) in [5.74, 6) is -0.468. The maximum absolute atomic E-state index is 14.8. The Balaban J connectivity index is 1.54. The minimum atomic E-state index is -4.10. The monoisotopic (exact) mass is 727 g/mol. The first-order chi connectivity index (χ1) is 25.3. The number of aromatic nitrogens is 2. The molecule has 0 bridgehead atoms. The number of aryl methyl sites for hydroxylation is 1. The van der Waals surface area contributed by atoms with Crippen LogP contribution < -0.4 is 9.87 Å². The maximum atomic E-state index is 14.8. The van der Waals surface area contributed by atoms with Crippen LogP contribution in [0.2, 0.25) is 0 Å². The molecule has 0 aliphatic heterocycles. The van der Waals surface area contributed by atoms with Crippen molar-refractivity contribution in [1.82, 2.24) is 9.24 Å². The highest BCUT2D eigenvalue weighted by molar-refractivity contribution is 7.87. The highest BCUT2D eigenvalue weighted by atomic mass is 32.2. The predicted octanol–water partition coefficient (Wildman–Crippen LogP) is 8.13. The summed E-state index contributed by atoms with van der Waals surface area (Å²) in [6, 6.07) is 40.3. The first-order valence-corrected chi connectivity index (χ1v) is 18.6. The van der Waals surface area contributed by atoms with Crippen LogP contribution in [0, 0.1) is 13.8 Å². The minimum Gasteiger partial charge on any atom is -0.458 e. The van der Waals surface area contributed by atoms with Crippen molar-refractivity contribution in [2.24, 2.45) is 5.10 Å². The molecule has 0 unspecified atom stereocenters. The van der Waals surface area contributed by atoms with Crippen LogP contribution in [0.25, 0.3) is 11.3 Å². The summed E-state index contributed by atoms with van der Waals surface area (Å²) < 4.78 is 40.3. The number of esters is 1. The Morgan fingerprint density at radius 1 is 0.736 bits per heavy atom. The Morgan fingerprint density at radius 2 is 1.26 bits per heavy atom. The number of benzene rings is 5. The summed E-state index contributed by atoms with van der Waals surface area (Å²) in [6.45, 7) is 9.00. The summed E-state index contributed by atoms with van der Waals surface area (Å²) in [7, 11) is -4.10. The van der Waals surface area contributed by atoms with Crippen molar-refractivity contribution >= 4 is 21.8 Å². The van der Waals surface area contributed by atoms with Crippen molar-refractivity contribution in [3.63, 3.8) is 0 Å². The highest BCUT2D eigenvalue weighted by Gasteiger charge is 2.33. The first kappa shape index (κ1) is 36.8. The maximum Gasteiger partial charge on any atom is 0.350 e. The van der Waals surface area contributed by atoms with Crippen LogP contribution in [0.3, 0.4) is 0 Å². The molecular weight excluding hydrogens is 687 g/mol. The topological polar surface area (TPSA) is 109 Å². The zero-order chi connectivity index (χ0) is 37.8. The summed E-state index contributed by atoms with van der Waals surface area (Å²) in [5, 5.41) is 5.03. The van der Waals surface area contributed by atoms with E-state index in [1.54, 1.807) is 52.0 Å². The molecule has 270 valence electrons. The summed E-state index contributed by atoms with van der Waals surface area (Å²) in [5.41, 5.74) is 3.92. The third-order valence-corrected chi connectivity index (χ3v) is 9.76. The standard InChI is InChI=1S/C43H41N3O6S/c1-30-21-27-37(28-22-30)53(49,50)52-36-25-23-35(24-26-36)40-31(2)45(38(41(47)51-43(3,4)5)29-32-15-9-6-10-16-32)42(48)46(40)44-39(33-17-11-7-12-18-33)34-19-13-8-14-20-34/h6-28,38H,29H2,1-5H3/t38-/m0/s1. The van der Waals surface area contributed by atoms with Gasteiger partial charge in [-0.2, -0.15) is 18.2 Å². The second-order valence-electron chi connectivity index (χ2n) is 13.7. The number of imidazole rings is 1. The van der Waals surface area contributed by atoms with Crippen LogP contribution in [-0.4, -0.2) is 34.9 Å². The summed E-state index contributed by atoms with van der Waals surface area (Å²) in [6.07, 6.45) is 0.192. The lowest BCUT2D eigenvalue weighted by Crippen LogP contribution is -2.37. The van der Waals surface area contributed by atoms with Gasteiger partial charge >= 0.3 is 21.8 Å². The zero-order valence-corrected chi connectivity index (χ0v) is 31.1. The third-order valence-electron chi connectivity index (χ3n) is 8.50. The molecule has 0 spiro atoms. The molecule has 10 heteroatoms. The Labute approximate surface area is 309 Å². The van der Waals surface area contributed by atoms with E-state index in [1.807, 2.05) is 97.9 Å². The molecule has 0 radical (unpaired) electrons. The van der Waals surface area contributed by atoms with Gasteiger partial charge in [-0.3, -0.25) is 4.57 Å². The van der Waals surface area contributed by atoms with E-state index in [2.05, 4.69) is 0 Å². The lowest BCUT2D eigenvalue weighted by atomic mass is 10.0. The number of nitrogens with zero attached hydrogens (tertiary/aromatic N) is 3. The van der Waals surface area contributed by atoms with Gasteiger partial charge in [-0.1, -0.05) is 109 Å². The molecule has 5 aromatic carbocycles. The lowest BCUT2D eigenvalue weighted by molar-refractivity contribution is -0.159. The molecule has 0 aliphatic rings. The second-order valence-corrected chi connectivity index (χ2v) is 15.2. The normalized spacial score (nSPS) is 12.2. The fourth-order valence-corrected chi connectivity index (χ4v) is 6.94. The van der Waals surface area contributed by atoms with Gasteiger partial charge in [0.2, 0.25) is 0 Å². The fourth-order valence-electron chi connectivity index (χ4n) is 6.01. The van der Waals surface area contributed by atoms with Crippen LogP contribution >= 0.6 is 0 Å². The molecule has 6 aromatic rings. The summed E-state index contributed by atoms with van der Waals surface area (Å²) in [4.78, 5) is 28.9. The van der Waals surface area contributed by atoms with E-state index in [-0.39, 0.29) is 17.1 Å². The molecule has 0 N–H and O–H groups in total. The van der Waals surface area contributed by atoms with Gasteiger partial charge in [0.15, 0.2) is 0 Å². The smallest absolute Gasteiger partial charge is 0.350 e. The van der Waals surface area contributed by atoms with Gasteiger partial charge in [-0.15, -0.1) is 0 Å². The Hall–Kier alpha value is -6.00. The predicted molar refractivity (Wildman–Crippen MR) is 207 cm³/mol. The van der Waals surface area contributed by atoms with E-state index < -0.39 is 33.4 Å². The molecule has 0 saturated heterocycles. The fraction of sp³-hybridized carbons (Fsp3) is 0.186. The van der Waals surface area contributed by atoms with Crippen LogP contribution in [0.15, 0.2) is 154 Å². The van der Waals surface area contributed by atoms with E-state index in [4.69, 9.17) is 14.0 Å². The molecule has 53 heavy (non-hydrogen) atoms. The Kier molecular flexibility index (Phi) is 10.6. The van der Waals surface area contributed by atoms with Crippen molar-refractivity contribution in [1.29, 1.82) is 0 Å². The summed E-state index contributed by atoms with van der Waals surface area (Å²) >= 11 is 0. The molecule has 0 fully saturated rings. The number of hydrogen-bond donors (Lipinski definition) is 0. The number of rotatable bonds is 11. The number of carbonyl (C=O) groups is 1.